The molecule has 3 rings (SSSR count). The fraction of sp³-hybridized carbons (Fsp3) is 0.250. The van der Waals surface area contributed by atoms with Crippen LogP contribution >= 0.6 is 0 Å². The first kappa shape index (κ1) is 19.2. The molecule has 0 saturated heterocycles. The minimum atomic E-state index is -0.432. The highest BCUT2D eigenvalue weighted by atomic mass is 16.5. The van der Waals surface area contributed by atoms with Crippen molar-refractivity contribution in [2.75, 3.05) is 13.7 Å². The number of hydrogen-bond donors (Lipinski definition) is 2. The minimum Gasteiger partial charge on any atom is -0.496 e. The number of rotatable bonds is 8. The van der Waals surface area contributed by atoms with Crippen LogP contribution in [0.3, 0.4) is 0 Å². The van der Waals surface area contributed by atoms with Crippen molar-refractivity contribution in [3.63, 3.8) is 0 Å². The Morgan fingerprint density at radius 2 is 1.52 bits per heavy atom. The van der Waals surface area contributed by atoms with Gasteiger partial charge in [-0.15, -0.1) is 0 Å². The second-order valence-corrected chi connectivity index (χ2v) is 6.71. The molecule has 0 fully saturated rings. The fourth-order valence-electron chi connectivity index (χ4n) is 3.23. The third-order valence-corrected chi connectivity index (χ3v) is 4.88. The number of ether oxygens (including phenoxy) is 1. The molecule has 3 aromatic rings. The second-order valence-electron chi connectivity index (χ2n) is 6.71. The maximum atomic E-state index is 10.3. The summed E-state index contributed by atoms with van der Waals surface area (Å²) < 4.78 is 5.45. The van der Waals surface area contributed by atoms with Gasteiger partial charge >= 0.3 is 0 Å². The molecule has 2 unspecified atom stereocenters. The Kier molecular flexibility index (Phi) is 6.64. The summed E-state index contributed by atoms with van der Waals surface area (Å²) in [6, 6.07) is 26.6. The number of para-hydroxylation sites is 1. The van der Waals surface area contributed by atoms with E-state index in [1.54, 1.807) is 7.11 Å². The number of methoxy groups -OCH3 is 1. The Morgan fingerprint density at radius 3 is 2.22 bits per heavy atom. The third-order valence-electron chi connectivity index (χ3n) is 4.88. The van der Waals surface area contributed by atoms with E-state index in [0.29, 0.717) is 6.42 Å². The van der Waals surface area contributed by atoms with Gasteiger partial charge in [0.05, 0.1) is 13.2 Å². The molecule has 0 saturated carbocycles. The Bertz CT molecular complexity index is 831. The lowest BCUT2D eigenvalue weighted by Gasteiger charge is -2.17. The van der Waals surface area contributed by atoms with Gasteiger partial charge in [0, 0.05) is 11.6 Å². The first-order valence-corrected chi connectivity index (χ1v) is 9.39. The molecule has 2 atom stereocenters. The quantitative estimate of drug-likeness (QED) is 0.584. The second kappa shape index (κ2) is 9.36. The molecule has 140 valence electrons. The van der Waals surface area contributed by atoms with Gasteiger partial charge < -0.3 is 15.2 Å². The molecule has 0 bridgehead atoms. The van der Waals surface area contributed by atoms with Crippen molar-refractivity contribution in [3.8, 4) is 16.9 Å². The number of aliphatic hydroxyl groups is 1. The van der Waals surface area contributed by atoms with Crippen LogP contribution in [0.2, 0.25) is 0 Å². The van der Waals surface area contributed by atoms with Gasteiger partial charge in [-0.25, -0.2) is 0 Å². The number of aliphatic hydroxyl groups excluding tert-OH is 1. The van der Waals surface area contributed by atoms with Gasteiger partial charge in [0.15, 0.2) is 0 Å². The van der Waals surface area contributed by atoms with Crippen molar-refractivity contribution >= 4 is 0 Å². The zero-order chi connectivity index (χ0) is 19.1. The zero-order valence-corrected chi connectivity index (χ0v) is 15.9. The van der Waals surface area contributed by atoms with Gasteiger partial charge in [0.1, 0.15) is 5.75 Å². The minimum absolute atomic E-state index is 0.222. The summed E-state index contributed by atoms with van der Waals surface area (Å²) in [5.41, 5.74) is 4.43. The Hall–Kier alpha value is -2.62. The van der Waals surface area contributed by atoms with Crippen LogP contribution in [-0.4, -0.2) is 18.8 Å². The lowest BCUT2D eigenvalue weighted by atomic mass is 10.0. The molecule has 3 aromatic carbocycles. The molecule has 0 amide bonds. The highest BCUT2D eigenvalue weighted by molar-refractivity contribution is 5.70. The first-order valence-electron chi connectivity index (χ1n) is 9.39. The largest absolute Gasteiger partial charge is 0.496 e. The van der Waals surface area contributed by atoms with E-state index in [9.17, 15) is 5.11 Å². The van der Waals surface area contributed by atoms with Gasteiger partial charge in [-0.05, 0) is 42.6 Å². The van der Waals surface area contributed by atoms with E-state index in [4.69, 9.17) is 4.74 Å². The van der Waals surface area contributed by atoms with Gasteiger partial charge in [-0.3, -0.25) is 0 Å². The summed E-state index contributed by atoms with van der Waals surface area (Å²) in [7, 11) is 1.70. The summed E-state index contributed by atoms with van der Waals surface area (Å²) in [6.07, 6.45) is 0.256. The monoisotopic (exact) mass is 361 g/mol. The summed E-state index contributed by atoms with van der Waals surface area (Å²) in [5, 5.41) is 13.8. The number of hydrogen-bond acceptors (Lipinski definition) is 3. The third kappa shape index (κ3) is 4.97. The van der Waals surface area contributed by atoms with Crippen molar-refractivity contribution in [3.05, 3.63) is 90.0 Å². The molecule has 3 heteroatoms. The van der Waals surface area contributed by atoms with Gasteiger partial charge in [0.2, 0.25) is 0 Å². The maximum Gasteiger partial charge on any atom is 0.126 e. The lowest BCUT2D eigenvalue weighted by Crippen LogP contribution is -2.21. The normalized spacial score (nSPS) is 13.1. The first-order chi connectivity index (χ1) is 13.2. The summed E-state index contributed by atoms with van der Waals surface area (Å²) in [4.78, 5) is 0. The number of benzene rings is 3. The predicted molar refractivity (Wildman–Crippen MR) is 111 cm³/mol. The van der Waals surface area contributed by atoms with Crippen LogP contribution < -0.4 is 10.1 Å². The molecule has 0 aliphatic rings. The van der Waals surface area contributed by atoms with Crippen LogP contribution in [0.25, 0.3) is 11.1 Å². The molecule has 0 radical (unpaired) electrons. The maximum absolute atomic E-state index is 10.3. The lowest BCUT2D eigenvalue weighted by molar-refractivity contribution is 0.165. The van der Waals surface area contributed by atoms with Crippen molar-refractivity contribution in [1.29, 1.82) is 0 Å². The zero-order valence-electron chi connectivity index (χ0n) is 15.9. The van der Waals surface area contributed by atoms with E-state index in [2.05, 4.69) is 42.6 Å². The van der Waals surface area contributed by atoms with Crippen LogP contribution in [0, 0.1) is 0 Å². The molecule has 2 N–H and O–H groups in total. The molecule has 0 aliphatic heterocycles. The Morgan fingerprint density at radius 1 is 0.852 bits per heavy atom. The van der Waals surface area contributed by atoms with Crippen LogP contribution in [0.4, 0.5) is 0 Å². The summed E-state index contributed by atoms with van der Waals surface area (Å²) >= 11 is 0. The summed E-state index contributed by atoms with van der Waals surface area (Å²) in [6.45, 7) is 2.90. The Labute approximate surface area is 161 Å². The molecule has 0 aromatic heterocycles. The van der Waals surface area contributed by atoms with Crippen molar-refractivity contribution in [2.45, 2.75) is 25.5 Å². The predicted octanol–water partition coefficient (Wildman–Crippen LogP) is 5.14. The van der Waals surface area contributed by atoms with E-state index >= 15 is 0 Å². The molecule has 0 aliphatic carbocycles. The van der Waals surface area contributed by atoms with Gasteiger partial charge in [0.25, 0.3) is 0 Å². The topological polar surface area (TPSA) is 41.5 Å². The fourth-order valence-corrected chi connectivity index (χ4v) is 3.23. The standard InChI is InChI=1S/C24H27NO2/c1-18(25-17-16-23(26)21-8-4-3-5-9-21)19-12-14-20(15-13-19)22-10-6-7-11-24(22)27-2/h3-15,18,23,25-26H,16-17H2,1-2H3. The SMILES string of the molecule is COc1ccccc1-c1ccc(C(C)NCCC(O)c2ccccc2)cc1. The van der Waals surface area contributed by atoms with Crippen LogP contribution in [-0.2, 0) is 0 Å². The number of nitrogens with one attached hydrogen (secondary N) is 1. The van der Waals surface area contributed by atoms with Crippen molar-refractivity contribution in [1.82, 2.24) is 5.32 Å². The van der Waals surface area contributed by atoms with E-state index in [-0.39, 0.29) is 6.04 Å². The Balaban J connectivity index is 1.57. The molecular formula is C24H27NO2. The van der Waals surface area contributed by atoms with Crippen molar-refractivity contribution < 1.29 is 9.84 Å². The molecular weight excluding hydrogens is 334 g/mol. The molecule has 3 nitrogen and oxygen atoms in total. The highest BCUT2D eigenvalue weighted by Gasteiger charge is 2.10. The van der Waals surface area contributed by atoms with Crippen LogP contribution in [0.5, 0.6) is 5.75 Å². The van der Waals surface area contributed by atoms with E-state index in [0.717, 1.165) is 29.0 Å². The highest BCUT2D eigenvalue weighted by Crippen LogP contribution is 2.30. The van der Waals surface area contributed by atoms with E-state index in [1.165, 1.54) is 5.56 Å². The average molecular weight is 361 g/mol. The van der Waals surface area contributed by atoms with E-state index in [1.807, 2.05) is 48.5 Å². The van der Waals surface area contributed by atoms with Crippen LogP contribution in [0.15, 0.2) is 78.9 Å². The van der Waals surface area contributed by atoms with Gasteiger partial charge in [-0.2, -0.15) is 0 Å². The molecule has 27 heavy (non-hydrogen) atoms. The molecule has 0 heterocycles. The summed E-state index contributed by atoms with van der Waals surface area (Å²) in [5.74, 6) is 0.881. The molecule has 0 spiro atoms. The smallest absolute Gasteiger partial charge is 0.126 e. The van der Waals surface area contributed by atoms with E-state index < -0.39 is 6.10 Å². The average Bonchev–Trinajstić information content (AvgIpc) is 2.74. The van der Waals surface area contributed by atoms with Crippen LogP contribution in [0.1, 0.15) is 36.6 Å². The van der Waals surface area contributed by atoms with Crippen molar-refractivity contribution in [2.24, 2.45) is 0 Å². The van der Waals surface area contributed by atoms with Gasteiger partial charge in [-0.1, -0.05) is 72.8 Å².